The summed E-state index contributed by atoms with van der Waals surface area (Å²) >= 11 is 1.84. The molecule has 0 radical (unpaired) electrons. The molecule has 4 nitrogen and oxygen atoms in total. The van der Waals surface area contributed by atoms with Crippen LogP contribution in [0.25, 0.3) is 0 Å². The maximum atomic E-state index is 5.53. The summed E-state index contributed by atoms with van der Waals surface area (Å²) in [6.07, 6.45) is 2.93. The average molecular weight is 281 g/mol. The van der Waals surface area contributed by atoms with Gasteiger partial charge < -0.3 is 9.73 Å². The summed E-state index contributed by atoms with van der Waals surface area (Å²) in [7, 11) is 0. The van der Waals surface area contributed by atoms with Crippen molar-refractivity contribution in [1.82, 2.24) is 10.3 Å². The number of nitrogens with zero attached hydrogens (tertiary/aromatic N) is 2. The molecule has 1 N–H and O–H groups in total. The van der Waals surface area contributed by atoms with E-state index in [2.05, 4.69) is 36.1 Å². The van der Waals surface area contributed by atoms with Gasteiger partial charge in [0.25, 0.3) is 0 Å². The van der Waals surface area contributed by atoms with Crippen molar-refractivity contribution in [3.8, 4) is 0 Å². The Morgan fingerprint density at radius 1 is 1.53 bits per heavy atom. The highest BCUT2D eigenvalue weighted by Crippen LogP contribution is 2.32. The second-order valence-corrected chi connectivity index (χ2v) is 7.61. The molecule has 2 unspecified atom stereocenters. The predicted molar refractivity (Wildman–Crippen MR) is 80.5 cm³/mol. The lowest BCUT2D eigenvalue weighted by molar-refractivity contribution is 0.375. The largest absolute Gasteiger partial charge is 0.444 e. The van der Waals surface area contributed by atoms with E-state index >= 15 is 0 Å². The number of aryl methyl sites for hydroxylation is 1. The maximum absolute atomic E-state index is 5.53. The minimum absolute atomic E-state index is 0.0633. The Kier molecular flexibility index (Phi) is 4.23. The number of thioether (sulfide) groups is 1. The van der Waals surface area contributed by atoms with Gasteiger partial charge in [0, 0.05) is 5.25 Å². The molecule has 0 amide bonds. The molecule has 0 fully saturated rings. The molecule has 2 rings (SSSR count). The molecule has 19 heavy (non-hydrogen) atoms. The first kappa shape index (κ1) is 14.4. The van der Waals surface area contributed by atoms with Gasteiger partial charge in [0.1, 0.15) is 11.8 Å². The van der Waals surface area contributed by atoms with Gasteiger partial charge in [0.05, 0.1) is 12.7 Å². The molecule has 5 heteroatoms. The lowest BCUT2D eigenvalue weighted by Gasteiger charge is -2.21. The van der Waals surface area contributed by atoms with E-state index < -0.39 is 0 Å². The van der Waals surface area contributed by atoms with Gasteiger partial charge in [-0.05, 0) is 25.7 Å². The summed E-state index contributed by atoms with van der Waals surface area (Å²) in [6.45, 7) is 11.7. The number of oxazole rings is 1. The van der Waals surface area contributed by atoms with Gasteiger partial charge in [-0.25, -0.2) is 4.98 Å². The first-order valence-corrected chi connectivity index (χ1v) is 7.61. The van der Waals surface area contributed by atoms with Gasteiger partial charge in [-0.15, -0.1) is 0 Å². The molecule has 1 aliphatic rings. The summed E-state index contributed by atoms with van der Waals surface area (Å²) in [5.74, 6) is 1.57. The number of aliphatic imine (C=N–C) groups is 1. The number of nitrogens with one attached hydrogen (secondary N) is 1. The Morgan fingerprint density at radius 3 is 2.84 bits per heavy atom. The zero-order chi connectivity index (χ0) is 14.0. The van der Waals surface area contributed by atoms with Crippen molar-refractivity contribution >= 4 is 16.9 Å². The minimum Gasteiger partial charge on any atom is -0.444 e. The van der Waals surface area contributed by atoms with Gasteiger partial charge in [-0.3, -0.25) is 4.99 Å². The number of hydrogen-bond acceptors (Lipinski definition) is 5. The summed E-state index contributed by atoms with van der Waals surface area (Å²) in [4.78, 5) is 8.82. The fourth-order valence-electron chi connectivity index (χ4n) is 2.11. The Bertz CT molecular complexity index is 462. The summed E-state index contributed by atoms with van der Waals surface area (Å²) < 4.78 is 5.53. The highest BCUT2D eigenvalue weighted by atomic mass is 32.2. The fourth-order valence-corrected chi connectivity index (χ4v) is 3.55. The van der Waals surface area contributed by atoms with E-state index in [1.807, 2.05) is 25.6 Å². The van der Waals surface area contributed by atoms with Gasteiger partial charge in [0.15, 0.2) is 5.17 Å². The summed E-state index contributed by atoms with van der Waals surface area (Å²) in [5.41, 5.74) is 0.355. The highest BCUT2D eigenvalue weighted by molar-refractivity contribution is 8.14. The first-order chi connectivity index (χ1) is 8.83. The van der Waals surface area contributed by atoms with Crippen molar-refractivity contribution in [3.05, 3.63) is 17.8 Å². The molecule has 1 aromatic heterocycles. The van der Waals surface area contributed by atoms with Gasteiger partial charge in [-0.1, -0.05) is 32.5 Å². The quantitative estimate of drug-likeness (QED) is 0.920. The zero-order valence-corrected chi connectivity index (χ0v) is 13.2. The number of amidine groups is 1. The van der Waals surface area contributed by atoms with Crippen LogP contribution in [-0.2, 0) is 0 Å². The van der Waals surface area contributed by atoms with Gasteiger partial charge >= 0.3 is 0 Å². The van der Waals surface area contributed by atoms with Crippen LogP contribution in [-0.4, -0.2) is 21.9 Å². The van der Waals surface area contributed by atoms with Crippen LogP contribution in [0.15, 0.2) is 15.6 Å². The van der Waals surface area contributed by atoms with Gasteiger partial charge in [-0.2, -0.15) is 0 Å². The van der Waals surface area contributed by atoms with Crippen molar-refractivity contribution in [1.29, 1.82) is 0 Å². The lowest BCUT2D eigenvalue weighted by Crippen LogP contribution is -2.24. The monoisotopic (exact) mass is 281 g/mol. The minimum atomic E-state index is 0.0633. The normalized spacial score (nSPS) is 21.3. The van der Waals surface area contributed by atoms with E-state index in [1.165, 1.54) is 6.42 Å². The third-order valence-electron chi connectivity index (χ3n) is 2.91. The van der Waals surface area contributed by atoms with Crippen LogP contribution in [0.2, 0.25) is 0 Å². The van der Waals surface area contributed by atoms with Crippen molar-refractivity contribution in [2.75, 3.05) is 6.54 Å². The summed E-state index contributed by atoms with van der Waals surface area (Å²) in [5, 5.41) is 4.98. The van der Waals surface area contributed by atoms with Crippen LogP contribution in [0.1, 0.15) is 51.8 Å². The Morgan fingerprint density at radius 2 is 2.26 bits per heavy atom. The van der Waals surface area contributed by atoms with E-state index in [1.54, 1.807) is 6.20 Å². The van der Waals surface area contributed by atoms with Gasteiger partial charge in [0.2, 0.25) is 5.89 Å². The van der Waals surface area contributed by atoms with Crippen molar-refractivity contribution in [2.45, 2.75) is 52.3 Å². The summed E-state index contributed by atoms with van der Waals surface area (Å²) in [6, 6.07) is 0.0633. The lowest BCUT2D eigenvalue weighted by atomic mass is 9.90. The Labute approximate surface area is 119 Å². The topological polar surface area (TPSA) is 50.4 Å². The Balaban J connectivity index is 1.85. The van der Waals surface area contributed by atoms with Crippen LogP contribution in [0, 0.1) is 12.3 Å². The third kappa shape index (κ3) is 4.27. The fraction of sp³-hybridized carbons (Fsp3) is 0.714. The number of rotatable bonds is 3. The predicted octanol–water partition coefficient (Wildman–Crippen LogP) is 3.54. The molecular weight excluding hydrogens is 258 g/mol. The molecule has 0 saturated heterocycles. The molecule has 0 spiro atoms. The van der Waals surface area contributed by atoms with Crippen LogP contribution in [0.3, 0.4) is 0 Å². The van der Waals surface area contributed by atoms with Crippen molar-refractivity contribution in [2.24, 2.45) is 10.4 Å². The number of hydrogen-bond donors (Lipinski definition) is 1. The van der Waals surface area contributed by atoms with Crippen molar-refractivity contribution in [3.63, 3.8) is 0 Å². The Hall–Kier alpha value is -0.970. The molecular formula is C14H23N3OS. The molecule has 2 atom stereocenters. The molecule has 0 bridgehead atoms. The van der Waals surface area contributed by atoms with E-state index in [0.29, 0.717) is 10.7 Å². The van der Waals surface area contributed by atoms with Crippen LogP contribution in [0.4, 0.5) is 0 Å². The molecule has 0 aliphatic carbocycles. The SMILES string of the molecule is Cc1cnc(C(C)NC2=NCC(CC(C)(C)C)S2)o1. The smallest absolute Gasteiger partial charge is 0.216 e. The van der Waals surface area contributed by atoms with Crippen LogP contribution >= 0.6 is 11.8 Å². The molecule has 0 aromatic carbocycles. The zero-order valence-electron chi connectivity index (χ0n) is 12.4. The molecule has 2 heterocycles. The standard InChI is InChI=1S/C14H23N3OS/c1-9-7-15-12(18-9)10(2)17-13-16-8-11(19-13)6-14(3,4)5/h7,10-11H,6,8H2,1-5H3,(H,16,17). The van der Waals surface area contributed by atoms with Crippen LogP contribution < -0.4 is 5.32 Å². The average Bonchev–Trinajstić information content (AvgIpc) is 2.85. The molecule has 1 aliphatic heterocycles. The maximum Gasteiger partial charge on any atom is 0.216 e. The van der Waals surface area contributed by atoms with Crippen LogP contribution in [0.5, 0.6) is 0 Å². The highest BCUT2D eigenvalue weighted by Gasteiger charge is 2.26. The molecule has 1 aromatic rings. The second-order valence-electron chi connectivity index (χ2n) is 6.33. The van der Waals surface area contributed by atoms with E-state index in [0.717, 1.165) is 23.4 Å². The van der Waals surface area contributed by atoms with E-state index in [-0.39, 0.29) is 6.04 Å². The molecule has 0 saturated carbocycles. The third-order valence-corrected chi connectivity index (χ3v) is 4.03. The molecule has 106 valence electrons. The van der Waals surface area contributed by atoms with Crippen molar-refractivity contribution < 1.29 is 4.42 Å². The van der Waals surface area contributed by atoms with E-state index in [4.69, 9.17) is 4.42 Å². The number of aromatic nitrogens is 1. The first-order valence-electron chi connectivity index (χ1n) is 6.73. The van der Waals surface area contributed by atoms with E-state index in [9.17, 15) is 0 Å². The second kappa shape index (κ2) is 5.57.